The summed E-state index contributed by atoms with van der Waals surface area (Å²) >= 11 is 0. The molecule has 0 amide bonds. The van der Waals surface area contributed by atoms with Gasteiger partial charge in [-0.1, -0.05) is 0 Å². The third-order valence-corrected chi connectivity index (χ3v) is 3.66. The number of halogens is 1. The van der Waals surface area contributed by atoms with Crippen molar-refractivity contribution in [3.05, 3.63) is 29.6 Å². The van der Waals surface area contributed by atoms with Gasteiger partial charge in [0, 0.05) is 5.56 Å². The van der Waals surface area contributed by atoms with Gasteiger partial charge in [-0.05, 0) is 58.1 Å². The summed E-state index contributed by atoms with van der Waals surface area (Å²) in [5.74, 6) is 0.341. The van der Waals surface area contributed by atoms with Gasteiger partial charge >= 0.3 is 0 Å². The van der Waals surface area contributed by atoms with E-state index in [4.69, 9.17) is 4.74 Å². The summed E-state index contributed by atoms with van der Waals surface area (Å²) in [5, 5.41) is 9.67. The first-order valence-electron chi connectivity index (χ1n) is 6.56. The quantitative estimate of drug-likeness (QED) is 0.840. The van der Waals surface area contributed by atoms with Gasteiger partial charge in [-0.25, -0.2) is 4.39 Å². The Labute approximate surface area is 113 Å². The van der Waals surface area contributed by atoms with Gasteiger partial charge in [-0.3, -0.25) is 0 Å². The molecule has 0 saturated carbocycles. The molecule has 4 heteroatoms. The third-order valence-electron chi connectivity index (χ3n) is 3.66. The number of hydrogen-bond acceptors (Lipinski definition) is 3. The van der Waals surface area contributed by atoms with E-state index in [1.807, 2.05) is 19.0 Å². The topological polar surface area (TPSA) is 36.3 Å². The molecular weight excluding hydrogens is 243 g/mol. The van der Waals surface area contributed by atoms with Gasteiger partial charge in [0.2, 0.25) is 0 Å². The van der Waals surface area contributed by atoms with E-state index in [0.29, 0.717) is 30.8 Å². The lowest BCUT2D eigenvalue weighted by atomic mass is 9.75. The molecule has 1 unspecified atom stereocenters. The number of hydrogen-bond donors (Lipinski definition) is 0. The van der Waals surface area contributed by atoms with Crippen LogP contribution in [0.2, 0.25) is 0 Å². The Balaban J connectivity index is 2.43. The summed E-state index contributed by atoms with van der Waals surface area (Å²) < 4.78 is 19.2. The summed E-state index contributed by atoms with van der Waals surface area (Å²) in [4.78, 5) is 2.05. The summed E-state index contributed by atoms with van der Waals surface area (Å²) in [6, 6.07) is 6.90. The first-order valence-corrected chi connectivity index (χ1v) is 6.56. The zero-order chi connectivity index (χ0) is 13.9. The second-order valence-corrected chi connectivity index (χ2v) is 5.34. The van der Waals surface area contributed by atoms with Crippen molar-refractivity contribution in [3.63, 3.8) is 0 Å². The van der Waals surface area contributed by atoms with Crippen molar-refractivity contribution < 1.29 is 9.13 Å². The molecule has 0 bridgehead atoms. The SMILES string of the molecule is CN(C)CCC1(C#N)CCCOc2ccc(F)cc21. The summed E-state index contributed by atoms with van der Waals surface area (Å²) in [6.07, 6.45) is 2.22. The molecule has 3 nitrogen and oxygen atoms in total. The van der Waals surface area contributed by atoms with E-state index >= 15 is 0 Å². The van der Waals surface area contributed by atoms with Crippen molar-refractivity contribution in [2.45, 2.75) is 24.7 Å². The Morgan fingerprint density at radius 2 is 2.26 bits per heavy atom. The monoisotopic (exact) mass is 262 g/mol. The minimum absolute atomic E-state index is 0.311. The molecule has 102 valence electrons. The molecule has 0 saturated heterocycles. The first-order chi connectivity index (χ1) is 9.07. The Kier molecular flexibility index (Phi) is 4.06. The van der Waals surface area contributed by atoms with Crippen LogP contribution in [0, 0.1) is 17.1 Å². The van der Waals surface area contributed by atoms with E-state index in [1.54, 1.807) is 6.07 Å². The molecule has 0 aromatic heterocycles. The number of ether oxygens (including phenoxy) is 1. The van der Waals surface area contributed by atoms with Crippen LogP contribution in [0.1, 0.15) is 24.8 Å². The van der Waals surface area contributed by atoms with E-state index in [1.165, 1.54) is 12.1 Å². The minimum Gasteiger partial charge on any atom is -0.493 e. The average Bonchev–Trinajstić information content (AvgIpc) is 2.56. The second kappa shape index (κ2) is 5.58. The predicted molar refractivity (Wildman–Crippen MR) is 71.6 cm³/mol. The van der Waals surface area contributed by atoms with Crippen LogP contribution >= 0.6 is 0 Å². The fraction of sp³-hybridized carbons (Fsp3) is 0.533. The zero-order valence-corrected chi connectivity index (χ0v) is 11.4. The normalized spacial score (nSPS) is 22.3. The molecule has 1 atom stereocenters. The van der Waals surface area contributed by atoms with Crippen molar-refractivity contribution in [3.8, 4) is 11.8 Å². The molecule has 0 radical (unpaired) electrons. The van der Waals surface area contributed by atoms with E-state index in [9.17, 15) is 9.65 Å². The van der Waals surface area contributed by atoms with Crippen LogP contribution < -0.4 is 4.74 Å². The molecule has 0 aliphatic carbocycles. The summed E-state index contributed by atoms with van der Waals surface area (Å²) in [6.45, 7) is 1.38. The number of nitriles is 1. The van der Waals surface area contributed by atoms with Crippen LogP contribution in [0.3, 0.4) is 0 Å². The minimum atomic E-state index is -0.641. The van der Waals surface area contributed by atoms with Crippen molar-refractivity contribution in [1.29, 1.82) is 5.26 Å². The maximum atomic E-state index is 13.5. The van der Waals surface area contributed by atoms with Gasteiger partial charge in [0.25, 0.3) is 0 Å². The van der Waals surface area contributed by atoms with E-state index < -0.39 is 5.41 Å². The average molecular weight is 262 g/mol. The van der Waals surface area contributed by atoms with Gasteiger partial charge in [-0.15, -0.1) is 0 Å². The van der Waals surface area contributed by atoms with Crippen LogP contribution in [0.15, 0.2) is 18.2 Å². The van der Waals surface area contributed by atoms with Crippen LogP contribution in [0.5, 0.6) is 5.75 Å². The van der Waals surface area contributed by atoms with E-state index in [0.717, 1.165) is 13.0 Å². The van der Waals surface area contributed by atoms with Gasteiger partial charge in [0.15, 0.2) is 0 Å². The van der Waals surface area contributed by atoms with Gasteiger partial charge in [-0.2, -0.15) is 5.26 Å². The molecule has 1 aromatic carbocycles. The number of benzene rings is 1. The first kappa shape index (κ1) is 13.8. The van der Waals surface area contributed by atoms with Crippen LogP contribution in [0.4, 0.5) is 4.39 Å². The van der Waals surface area contributed by atoms with Crippen molar-refractivity contribution in [1.82, 2.24) is 4.90 Å². The van der Waals surface area contributed by atoms with Crippen LogP contribution in [-0.4, -0.2) is 32.1 Å². The Hall–Kier alpha value is -1.60. The van der Waals surface area contributed by atoms with E-state index in [2.05, 4.69) is 6.07 Å². The molecule has 0 fully saturated rings. The molecule has 1 heterocycles. The molecule has 1 aliphatic rings. The summed E-state index contributed by atoms with van der Waals surface area (Å²) in [5.41, 5.74) is 0.0624. The number of fused-ring (bicyclic) bond motifs is 1. The van der Waals surface area contributed by atoms with Crippen molar-refractivity contribution >= 4 is 0 Å². The molecular formula is C15H19FN2O. The molecule has 2 rings (SSSR count). The lowest BCUT2D eigenvalue weighted by Gasteiger charge is -2.27. The van der Waals surface area contributed by atoms with Crippen molar-refractivity contribution in [2.75, 3.05) is 27.2 Å². The van der Waals surface area contributed by atoms with Gasteiger partial charge in [0.1, 0.15) is 11.6 Å². The van der Waals surface area contributed by atoms with Crippen LogP contribution in [-0.2, 0) is 5.41 Å². The fourth-order valence-corrected chi connectivity index (χ4v) is 2.54. The lowest BCUT2D eigenvalue weighted by molar-refractivity contribution is 0.309. The number of nitrogens with zero attached hydrogens (tertiary/aromatic N) is 2. The molecule has 19 heavy (non-hydrogen) atoms. The highest BCUT2D eigenvalue weighted by molar-refractivity contribution is 5.45. The zero-order valence-electron chi connectivity index (χ0n) is 11.4. The molecule has 1 aromatic rings. The highest BCUT2D eigenvalue weighted by Crippen LogP contribution is 2.40. The highest BCUT2D eigenvalue weighted by Gasteiger charge is 2.36. The molecule has 1 aliphatic heterocycles. The maximum absolute atomic E-state index is 13.5. The number of rotatable bonds is 3. The van der Waals surface area contributed by atoms with Crippen LogP contribution in [0.25, 0.3) is 0 Å². The standard InChI is InChI=1S/C15H19FN2O/c1-18(2)8-7-15(11-17)6-3-9-19-14-5-4-12(16)10-13(14)15/h4-5,10H,3,6-9H2,1-2H3. The largest absolute Gasteiger partial charge is 0.493 e. The molecule has 0 spiro atoms. The Bertz CT molecular complexity index is 495. The third kappa shape index (κ3) is 2.87. The fourth-order valence-electron chi connectivity index (χ4n) is 2.54. The van der Waals surface area contributed by atoms with Gasteiger partial charge in [0.05, 0.1) is 18.1 Å². The predicted octanol–water partition coefficient (Wildman–Crippen LogP) is 2.71. The molecule has 0 N–H and O–H groups in total. The van der Waals surface area contributed by atoms with E-state index in [-0.39, 0.29) is 5.82 Å². The Morgan fingerprint density at radius 1 is 1.47 bits per heavy atom. The highest BCUT2D eigenvalue weighted by atomic mass is 19.1. The Morgan fingerprint density at radius 3 is 2.95 bits per heavy atom. The van der Waals surface area contributed by atoms with Crippen molar-refractivity contribution in [2.24, 2.45) is 0 Å². The maximum Gasteiger partial charge on any atom is 0.124 e. The van der Waals surface area contributed by atoms with Gasteiger partial charge < -0.3 is 9.64 Å². The lowest BCUT2D eigenvalue weighted by Crippen LogP contribution is -2.29. The summed E-state index contributed by atoms with van der Waals surface area (Å²) in [7, 11) is 3.95. The smallest absolute Gasteiger partial charge is 0.124 e. The second-order valence-electron chi connectivity index (χ2n) is 5.34.